The Labute approximate surface area is 115 Å². The van der Waals surface area contributed by atoms with Crippen LogP contribution in [0, 0.1) is 11.6 Å². The molecule has 1 amide bonds. The monoisotopic (exact) mass is 286 g/mol. The second kappa shape index (κ2) is 5.72. The summed E-state index contributed by atoms with van der Waals surface area (Å²) in [7, 11) is 2.98. The number of methoxy groups -OCH3 is 2. The highest BCUT2D eigenvalue weighted by molar-refractivity contribution is 5.96. The maximum absolute atomic E-state index is 13.8. The first-order chi connectivity index (χ1) is 9.49. The molecule has 2 atom stereocenters. The summed E-state index contributed by atoms with van der Waals surface area (Å²) in [6.07, 6.45) is -0.646. The van der Waals surface area contributed by atoms with Gasteiger partial charge in [-0.05, 0) is 12.1 Å². The lowest BCUT2D eigenvalue weighted by Crippen LogP contribution is -2.31. The second-order valence-electron chi connectivity index (χ2n) is 4.58. The van der Waals surface area contributed by atoms with Gasteiger partial charge in [-0.15, -0.1) is 0 Å². The van der Waals surface area contributed by atoms with Crippen LogP contribution in [0.1, 0.15) is 10.4 Å². The lowest BCUT2D eigenvalue weighted by atomic mass is 10.1. The molecule has 1 saturated heterocycles. The SMILES string of the molecule is COC1CN(C(=O)c2c(F)ccc(N)c2F)CC1OC. The van der Waals surface area contributed by atoms with Crippen molar-refractivity contribution in [2.75, 3.05) is 33.0 Å². The van der Waals surface area contributed by atoms with Gasteiger partial charge in [-0.1, -0.05) is 0 Å². The molecule has 0 spiro atoms. The molecule has 0 bridgehead atoms. The van der Waals surface area contributed by atoms with Crippen LogP contribution in [0.15, 0.2) is 12.1 Å². The molecule has 1 aromatic carbocycles. The molecule has 1 heterocycles. The van der Waals surface area contributed by atoms with Gasteiger partial charge in [-0.25, -0.2) is 8.78 Å². The van der Waals surface area contributed by atoms with Gasteiger partial charge in [-0.2, -0.15) is 0 Å². The van der Waals surface area contributed by atoms with E-state index in [0.29, 0.717) is 0 Å². The normalized spacial score (nSPS) is 22.3. The highest BCUT2D eigenvalue weighted by Gasteiger charge is 2.37. The van der Waals surface area contributed by atoms with Gasteiger partial charge in [-0.3, -0.25) is 4.79 Å². The molecular weight excluding hydrogens is 270 g/mol. The zero-order valence-electron chi connectivity index (χ0n) is 11.2. The Bertz CT molecular complexity index is 513. The Morgan fingerprint density at radius 1 is 1.25 bits per heavy atom. The fourth-order valence-corrected chi connectivity index (χ4v) is 2.29. The number of carbonyl (C=O) groups excluding carboxylic acids is 1. The number of amides is 1. The molecule has 2 rings (SSSR count). The maximum atomic E-state index is 13.8. The topological polar surface area (TPSA) is 64.8 Å². The van der Waals surface area contributed by atoms with Crippen molar-refractivity contribution < 1.29 is 23.0 Å². The average molecular weight is 286 g/mol. The minimum Gasteiger partial charge on any atom is -0.396 e. The van der Waals surface area contributed by atoms with Crippen molar-refractivity contribution in [2.24, 2.45) is 0 Å². The van der Waals surface area contributed by atoms with E-state index in [1.165, 1.54) is 19.1 Å². The molecule has 1 aliphatic rings. The molecule has 20 heavy (non-hydrogen) atoms. The molecule has 2 N–H and O–H groups in total. The van der Waals surface area contributed by atoms with Crippen molar-refractivity contribution in [3.8, 4) is 0 Å². The van der Waals surface area contributed by atoms with Gasteiger partial charge in [0.05, 0.1) is 5.69 Å². The van der Waals surface area contributed by atoms with Gasteiger partial charge in [0.25, 0.3) is 5.91 Å². The number of hydrogen-bond acceptors (Lipinski definition) is 4. The minimum atomic E-state index is -1.04. The predicted octanol–water partition coefficient (Wildman–Crippen LogP) is 1.03. The number of halogens is 2. The number of rotatable bonds is 3. The summed E-state index contributed by atoms with van der Waals surface area (Å²) >= 11 is 0. The van der Waals surface area contributed by atoms with Crippen molar-refractivity contribution in [3.05, 3.63) is 29.3 Å². The quantitative estimate of drug-likeness (QED) is 0.843. The van der Waals surface area contributed by atoms with Crippen molar-refractivity contribution in [1.29, 1.82) is 0 Å². The number of likely N-dealkylation sites (tertiary alicyclic amines) is 1. The van der Waals surface area contributed by atoms with E-state index in [1.807, 2.05) is 0 Å². The number of benzene rings is 1. The molecule has 1 aliphatic heterocycles. The number of nitrogen functional groups attached to an aromatic ring is 1. The molecular formula is C13H16F2N2O3. The van der Waals surface area contributed by atoms with E-state index in [1.54, 1.807) is 0 Å². The van der Waals surface area contributed by atoms with E-state index in [2.05, 4.69) is 0 Å². The molecule has 2 unspecified atom stereocenters. The van der Waals surface area contributed by atoms with Crippen LogP contribution >= 0.6 is 0 Å². The van der Waals surface area contributed by atoms with Gasteiger partial charge < -0.3 is 20.1 Å². The molecule has 0 radical (unpaired) electrons. The second-order valence-corrected chi connectivity index (χ2v) is 4.58. The lowest BCUT2D eigenvalue weighted by Gasteiger charge is -2.17. The Morgan fingerprint density at radius 3 is 2.30 bits per heavy atom. The van der Waals surface area contributed by atoms with Gasteiger partial charge in [0, 0.05) is 27.3 Å². The average Bonchev–Trinajstić information content (AvgIpc) is 2.86. The van der Waals surface area contributed by atoms with E-state index in [0.717, 1.165) is 12.1 Å². The summed E-state index contributed by atoms with van der Waals surface area (Å²) in [5, 5.41) is 0. The molecule has 7 heteroatoms. The van der Waals surface area contributed by atoms with Crippen molar-refractivity contribution in [2.45, 2.75) is 12.2 Å². The zero-order valence-corrected chi connectivity index (χ0v) is 11.2. The van der Waals surface area contributed by atoms with Crippen molar-refractivity contribution in [1.82, 2.24) is 4.90 Å². The lowest BCUT2D eigenvalue weighted by molar-refractivity contribution is -0.00461. The van der Waals surface area contributed by atoms with Gasteiger partial charge >= 0.3 is 0 Å². The van der Waals surface area contributed by atoms with Crippen molar-refractivity contribution in [3.63, 3.8) is 0 Å². The summed E-state index contributed by atoms with van der Waals surface area (Å²) in [6, 6.07) is 2.06. The summed E-state index contributed by atoms with van der Waals surface area (Å²) in [6.45, 7) is 0.420. The number of anilines is 1. The number of nitrogens with two attached hydrogens (primary N) is 1. The first-order valence-electron chi connectivity index (χ1n) is 6.08. The van der Waals surface area contributed by atoms with Crippen LogP contribution in [0.4, 0.5) is 14.5 Å². The molecule has 110 valence electrons. The zero-order chi connectivity index (χ0) is 14.9. The van der Waals surface area contributed by atoms with Crippen molar-refractivity contribution >= 4 is 11.6 Å². The van der Waals surface area contributed by atoms with Gasteiger partial charge in [0.15, 0.2) is 5.82 Å². The fraction of sp³-hybridized carbons (Fsp3) is 0.462. The smallest absolute Gasteiger partial charge is 0.260 e. The molecule has 5 nitrogen and oxygen atoms in total. The van der Waals surface area contributed by atoms with Crippen LogP contribution < -0.4 is 5.73 Å². The van der Waals surface area contributed by atoms with E-state index in [9.17, 15) is 13.6 Å². The maximum Gasteiger partial charge on any atom is 0.260 e. The molecule has 0 aromatic heterocycles. The Balaban J connectivity index is 2.27. The van der Waals surface area contributed by atoms with Crippen LogP contribution in [0.3, 0.4) is 0 Å². The van der Waals surface area contributed by atoms with Gasteiger partial charge in [0.1, 0.15) is 23.6 Å². The molecule has 1 aromatic rings. The molecule has 0 saturated carbocycles. The first-order valence-corrected chi connectivity index (χ1v) is 6.08. The standard InChI is InChI=1S/C13H16F2N2O3/c1-19-9-5-17(6-10(9)20-2)13(18)11-7(14)3-4-8(16)12(11)15/h3-4,9-10H,5-6,16H2,1-2H3. The number of carbonyl (C=O) groups is 1. The highest BCUT2D eigenvalue weighted by Crippen LogP contribution is 2.23. The Kier molecular flexibility index (Phi) is 4.20. The van der Waals surface area contributed by atoms with Crippen LogP contribution in [-0.4, -0.2) is 50.3 Å². The van der Waals surface area contributed by atoms with Crippen LogP contribution in [0.25, 0.3) is 0 Å². The van der Waals surface area contributed by atoms with E-state index in [-0.39, 0.29) is 31.0 Å². The van der Waals surface area contributed by atoms with E-state index >= 15 is 0 Å². The van der Waals surface area contributed by atoms with E-state index < -0.39 is 23.1 Å². The summed E-state index contributed by atoms with van der Waals surface area (Å²) in [5.74, 6) is -2.73. The Hall–Kier alpha value is -1.73. The molecule has 1 fully saturated rings. The van der Waals surface area contributed by atoms with Crippen LogP contribution in [0.2, 0.25) is 0 Å². The van der Waals surface area contributed by atoms with Crippen LogP contribution in [-0.2, 0) is 9.47 Å². The summed E-state index contributed by atoms with van der Waals surface area (Å²) < 4.78 is 37.9. The number of hydrogen-bond donors (Lipinski definition) is 1. The fourth-order valence-electron chi connectivity index (χ4n) is 2.29. The van der Waals surface area contributed by atoms with Gasteiger partial charge in [0.2, 0.25) is 0 Å². The van der Waals surface area contributed by atoms with Crippen LogP contribution in [0.5, 0.6) is 0 Å². The third-order valence-corrected chi connectivity index (χ3v) is 3.44. The third kappa shape index (κ3) is 2.46. The predicted molar refractivity (Wildman–Crippen MR) is 68.3 cm³/mol. The highest BCUT2D eigenvalue weighted by atomic mass is 19.1. The third-order valence-electron chi connectivity index (χ3n) is 3.44. The number of nitrogens with zero attached hydrogens (tertiary/aromatic N) is 1. The minimum absolute atomic E-state index is 0.210. The molecule has 0 aliphatic carbocycles. The summed E-state index contributed by atoms with van der Waals surface area (Å²) in [5.41, 5.74) is 4.47. The van der Waals surface area contributed by atoms with E-state index in [4.69, 9.17) is 15.2 Å². The number of ether oxygens (including phenoxy) is 2. The Morgan fingerprint density at radius 2 is 1.80 bits per heavy atom. The largest absolute Gasteiger partial charge is 0.396 e. The summed E-state index contributed by atoms with van der Waals surface area (Å²) in [4.78, 5) is 13.5. The first kappa shape index (κ1) is 14.7.